The van der Waals surface area contributed by atoms with Crippen LogP contribution in [0.1, 0.15) is 8.22 Å². The predicted molar refractivity (Wildman–Crippen MR) is 84.7 cm³/mol. The largest absolute Gasteiger partial charge is 0.470 e. The number of aliphatic hydroxyl groups is 2. The molecule has 1 rings (SSSR count). The lowest BCUT2D eigenvalue weighted by molar-refractivity contribution is -0.208. The standard InChI is InChI=1S/C6H16O18P4.H3N/c7-1-3(21-25(9,10)11)2(8)5(23-27(15,16)17)6(24-28(18,19)20)4(1)22-26(12,13)14;/h1-8H,(H2,9,10,11)(H2,12,13,14)(H2,15,16,17)(H2,18,19,20);1H3/t1-,2-,3?,4-,5+,6?;/m0./s1/i1D,2D,3D,4D,5D,6D;. The third kappa shape index (κ3) is 9.99. The van der Waals surface area contributed by atoms with E-state index in [-0.39, 0.29) is 6.15 Å². The van der Waals surface area contributed by atoms with Crippen molar-refractivity contribution in [2.24, 2.45) is 0 Å². The minimum atomic E-state index is -6.52. The molecular formula is C6H19NO18P4. The van der Waals surface area contributed by atoms with Crippen LogP contribution < -0.4 is 6.15 Å². The van der Waals surface area contributed by atoms with Crippen molar-refractivity contribution in [1.29, 1.82) is 0 Å². The van der Waals surface area contributed by atoms with E-state index in [0.717, 1.165) is 0 Å². The number of hydrogen-bond acceptors (Lipinski definition) is 11. The first-order valence-corrected chi connectivity index (χ1v) is 11.9. The number of phosphoric ester groups is 4. The summed E-state index contributed by atoms with van der Waals surface area (Å²) in [5.41, 5.74) is 0. The van der Waals surface area contributed by atoms with Gasteiger partial charge in [0.25, 0.3) is 0 Å². The summed E-state index contributed by atoms with van der Waals surface area (Å²) in [7, 11) is -26.0. The van der Waals surface area contributed by atoms with Crippen LogP contribution in [-0.4, -0.2) is 85.8 Å². The molecule has 1 aliphatic carbocycles. The van der Waals surface area contributed by atoms with Gasteiger partial charge >= 0.3 is 31.3 Å². The average Bonchev–Trinajstić information content (AvgIpc) is 2.46. The van der Waals surface area contributed by atoms with Crippen LogP contribution in [0.25, 0.3) is 0 Å². The van der Waals surface area contributed by atoms with Gasteiger partial charge in [-0.15, -0.1) is 0 Å². The van der Waals surface area contributed by atoms with Gasteiger partial charge in [0.15, 0.2) is 0 Å². The minimum Gasteiger partial charge on any atom is -0.387 e. The topological polar surface area (TPSA) is 342 Å². The third-order valence-corrected chi connectivity index (χ3v) is 3.80. The summed E-state index contributed by atoms with van der Waals surface area (Å²) < 4.78 is 107. The highest BCUT2D eigenvalue weighted by Crippen LogP contribution is 2.52. The molecule has 0 amide bonds. The molecule has 23 heteroatoms. The molecule has 1 saturated carbocycles. The van der Waals surface area contributed by atoms with Gasteiger partial charge in [0, 0.05) is 0 Å². The minimum absolute atomic E-state index is 0. The van der Waals surface area contributed by atoms with E-state index in [0.29, 0.717) is 0 Å². The Morgan fingerprint density at radius 2 is 0.724 bits per heavy atom. The zero-order valence-corrected chi connectivity index (χ0v) is 16.8. The molecule has 0 radical (unpaired) electrons. The van der Waals surface area contributed by atoms with Gasteiger partial charge in [0.05, 0.1) is 8.22 Å². The van der Waals surface area contributed by atoms with Crippen molar-refractivity contribution in [3.63, 3.8) is 0 Å². The van der Waals surface area contributed by atoms with E-state index in [1.807, 2.05) is 0 Å². The van der Waals surface area contributed by atoms with E-state index in [2.05, 4.69) is 18.1 Å². The van der Waals surface area contributed by atoms with Gasteiger partial charge in [-0.1, -0.05) is 0 Å². The Morgan fingerprint density at radius 1 is 0.517 bits per heavy atom. The molecule has 0 saturated heterocycles. The summed E-state index contributed by atoms with van der Waals surface area (Å²) in [6.45, 7) is 0. The molecule has 0 bridgehead atoms. The Hall–Kier alpha value is 0.320. The van der Waals surface area contributed by atoms with Crippen molar-refractivity contribution in [3.8, 4) is 0 Å². The van der Waals surface area contributed by atoms with Crippen molar-refractivity contribution in [2.75, 3.05) is 0 Å². The molecule has 13 N–H and O–H groups in total. The van der Waals surface area contributed by atoms with Crippen molar-refractivity contribution in [3.05, 3.63) is 0 Å². The fourth-order valence-corrected chi connectivity index (χ4v) is 3.08. The maximum Gasteiger partial charge on any atom is 0.470 e. The Morgan fingerprint density at radius 3 is 0.966 bits per heavy atom. The van der Waals surface area contributed by atoms with Crippen LogP contribution in [-0.2, 0) is 36.4 Å². The van der Waals surface area contributed by atoms with Crippen molar-refractivity contribution < 1.29 is 93.9 Å². The SMILES string of the molecule is N.[2H]C1(OP(=O)(O)O)[C@]([2H])(O)[C@@]([2H])(OP(=O)(O)O)C([2H])(OP(=O)(O)O)[C@@]([2H])(OP(=O)(O)O)[C@@]1([2H])O. The first-order chi connectivity index (χ1) is 14.3. The second-order valence-electron chi connectivity index (χ2n) is 4.34. The van der Waals surface area contributed by atoms with E-state index in [4.69, 9.17) is 47.4 Å². The summed E-state index contributed by atoms with van der Waals surface area (Å²) in [6, 6.07) is 0. The van der Waals surface area contributed by atoms with Gasteiger partial charge in [-0.3, -0.25) is 18.1 Å². The number of rotatable bonds is 8. The van der Waals surface area contributed by atoms with Crippen LogP contribution in [0, 0.1) is 0 Å². The maximum absolute atomic E-state index is 11.4. The molecule has 0 spiro atoms. The van der Waals surface area contributed by atoms with E-state index < -0.39 is 67.8 Å². The first-order valence-electron chi connectivity index (χ1n) is 8.82. The van der Waals surface area contributed by atoms with Gasteiger partial charge in [-0.2, -0.15) is 0 Å². The lowest BCUT2D eigenvalue weighted by Gasteiger charge is -2.45. The van der Waals surface area contributed by atoms with Crippen LogP contribution >= 0.6 is 31.3 Å². The molecule has 0 aromatic rings. The zero-order chi connectivity index (χ0) is 27.8. The molecule has 0 aromatic heterocycles. The molecule has 19 nitrogen and oxygen atoms in total. The molecule has 6 atom stereocenters. The second-order valence-corrected chi connectivity index (χ2v) is 9.00. The molecule has 0 aliphatic heterocycles. The van der Waals surface area contributed by atoms with Crippen LogP contribution in [0.15, 0.2) is 0 Å². The number of hydrogen-bond donors (Lipinski definition) is 11. The highest BCUT2D eigenvalue weighted by atomic mass is 31.2. The van der Waals surface area contributed by atoms with Gasteiger partial charge in [-0.05, 0) is 0 Å². The van der Waals surface area contributed by atoms with Crippen LogP contribution in [0.4, 0.5) is 0 Å². The summed E-state index contributed by atoms with van der Waals surface area (Å²) >= 11 is 0. The molecular weight excluding hydrogens is 498 g/mol. The Labute approximate surface area is 169 Å². The quantitative estimate of drug-likeness (QED) is 0.139. The van der Waals surface area contributed by atoms with Crippen LogP contribution in [0.2, 0.25) is 0 Å². The van der Waals surface area contributed by atoms with Gasteiger partial charge in [0.1, 0.15) is 36.5 Å². The molecule has 0 heterocycles. The summed E-state index contributed by atoms with van der Waals surface area (Å²) in [5.74, 6) is 0. The lowest BCUT2D eigenvalue weighted by Crippen LogP contribution is -2.65. The molecule has 1 fully saturated rings. The van der Waals surface area contributed by atoms with Crippen LogP contribution in [0.5, 0.6) is 0 Å². The first kappa shape index (κ1) is 20.0. The maximum atomic E-state index is 11.4. The summed E-state index contributed by atoms with van der Waals surface area (Å²) in [4.78, 5) is 72.3. The third-order valence-electron chi connectivity index (χ3n) is 2.11. The zero-order valence-electron chi connectivity index (χ0n) is 19.2. The van der Waals surface area contributed by atoms with Gasteiger partial charge < -0.3 is 55.5 Å². The van der Waals surface area contributed by atoms with E-state index in [1.165, 1.54) is 0 Å². The fourth-order valence-electron chi connectivity index (χ4n) is 1.45. The van der Waals surface area contributed by atoms with E-state index in [9.17, 15) is 28.5 Å². The molecule has 1 aliphatic rings. The lowest BCUT2D eigenvalue weighted by atomic mass is 9.85. The van der Waals surface area contributed by atoms with Crippen LogP contribution in [0.3, 0.4) is 0 Å². The molecule has 2 unspecified atom stereocenters. The fraction of sp³-hybridized carbons (Fsp3) is 1.00. The van der Waals surface area contributed by atoms with Crippen molar-refractivity contribution in [1.82, 2.24) is 6.15 Å². The van der Waals surface area contributed by atoms with Gasteiger partial charge in [-0.25, -0.2) is 18.3 Å². The molecule has 29 heavy (non-hydrogen) atoms. The summed E-state index contributed by atoms with van der Waals surface area (Å²) in [5, 5.41) is 20.9. The second kappa shape index (κ2) is 9.85. The monoisotopic (exact) mass is 523 g/mol. The highest BCUT2D eigenvalue weighted by Gasteiger charge is 2.58. The molecule has 176 valence electrons. The van der Waals surface area contributed by atoms with Crippen molar-refractivity contribution >= 4 is 31.3 Å². The average molecular weight is 523 g/mol. The Bertz CT molecular complexity index is 967. The van der Waals surface area contributed by atoms with E-state index in [1.54, 1.807) is 0 Å². The van der Waals surface area contributed by atoms with Gasteiger partial charge in [0.2, 0.25) is 0 Å². The highest BCUT2D eigenvalue weighted by molar-refractivity contribution is 7.47. The van der Waals surface area contributed by atoms with Crippen molar-refractivity contribution in [2.45, 2.75) is 36.5 Å². The summed E-state index contributed by atoms with van der Waals surface area (Å²) in [6.07, 6.45) is -31.3. The number of phosphoric acid groups is 4. The molecule has 0 aromatic carbocycles. The Kier molecular flexibility index (Phi) is 6.78. The normalized spacial score (nSPS) is 50.1. The van der Waals surface area contributed by atoms with E-state index >= 15 is 0 Å². The predicted octanol–water partition coefficient (Wildman–Crippen LogP) is -3.20. The smallest absolute Gasteiger partial charge is 0.387 e. The Balaban J connectivity index is 0.0000116.